The molecular weight excluding hydrogens is 952 g/mol. The van der Waals surface area contributed by atoms with Gasteiger partial charge in [-0.25, -0.2) is 31.2 Å². The maximum atomic E-state index is 13.1. The lowest BCUT2D eigenvalue weighted by Crippen LogP contribution is -2.59. The van der Waals surface area contributed by atoms with Crippen LogP contribution >= 0.6 is 10.7 Å². The first-order valence-corrected chi connectivity index (χ1v) is 23.9. The van der Waals surface area contributed by atoms with Gasteiger partial charge in [-0.3, -0.25) is 9.59 Å². The third-order valence-electron chi connectivity index (χ3n) is 8.15. The Hall–Kier alpha value is -5.34. The van der Waals surface area contributed by atoms with Crippen LogP contribution in [0.25, 0.3) is 0 Å². The van der Waals surface area contributed by atoms with E-state index in [0.29, 0.717) is 23.8 Å². The normalized spacial score (nSPS) is 16.6. The van der Waals surface area contributed by atoms with E-state index in [9.17, 15) is 45.9 Å². The van der Waals surface area contributed by atoms with E-state index in [1.807, 2.05) is 0 Å². The highest BCUT2D eigenvalue weighted by Crippen LogP contribution is 2.33. The van der Waals surface area contributed by atoms with Crippen LogP contribution in [0.1, 0.15) is 62.3 Å². The molecule has 2 aromatic rings. The number of carbonyl (C=O) groups excluding carboxylic acids is 3. The smallest absolute Gasteiger partial charge is 0.493 e. The van der Waals surface area contributed by atoms with Crippen molar-refractivity contribution in [3.05, 3.63) is 36.4 Å². The van der Waals surface area contributed by atoms with Crippen molar-refractivity contribution in [2.75, 3.05) is 67.7 Å². The molecule has 2 aromatic carbocycles. The largest absolute Gasteiger partial charge is 0.519 e. The summed E-state index contributed by atoms with van der Waals surface area (Å²) in [5.41, 5.74) is -2.14. The Morgan fingerprint density at radius 2 is 1.09 bits per heavy atom. The van der Waals surface area contributed by atoms with E-state index in [1.165, 1.54) is 69.7 Å². The van der Waals surface area contributed by atoms with Crippen molar-refractivity contribution in [2.45, 2.75) is 101 Å². The van der Waals surface area contributed by atoms with Crippen molar-refractivity contribution in [2.24, 2.45) is 0 Å². The Balaban J connectivity index is 0.000000495. The standard InChI is InChI=1S/C18H26N2O8S.C10H18O5.C8H9ClO4S.C5H10N2O2/c1-18(2,3)28-17(23)19-8-9-20(13(11-19)16(21)22)29(24,25)12-6-7-14(26-4)15(10-12)27-5;1-9(2,3)14-7(11)13-8(12)15-10(4,5)6;1-12-7-4-3-6(14(9,10)11)5-8(7)13-2;8-5(9)4-3-6-1-2-7-4/h6-7,10,13H,8-9,11H2,1-5H3,(H,21,22);1-6H3;3-5H,1-2H3;4,6-7H,1-3H2,(H,8,9)/t13-;;;4-/m0..0/s1. The number of halogens is 1. The van der Waals surface area contributed by atoms with Gasteiger partial charge in [0.1, 0.15) is 28.9 Å². The van der Waals surface area contributed by atoms with Crippen LogP contribution in [0.3, 0.4) is 0 Å². The molecule has 0 unspecified atom stereocenters. The lowest BCUT2D eigenvalue weighted by molar-refractivity contribution is -0.143. The van der Waals surface area contributed by atoms with Crippen LogP contribution in [0.2, 0.25) is 0 Å². The number of carbonyl (C=O) groups is 5. The highest BCUT2D eigenvalue weighted by atomic mass is 35.7. The predicted molar refractivity (Wildman–Crippen MR) is 241 cm³/mol. The number of nitrogens with one attached hydrogen (secondary N) is 2. The number of hydrogen-bond acceptors (Lipinski definition) is 19. The number of rotatable bonds is 9. The van der Waals surface area contributed by atoms with Crippen LogP contribution in [-0.4, -0.2) is 163 Å². The Morgan fingerprint density at radius 1 is 0.642 bits per heavy atom. The molecule has 26 heteroatoms. The van der Waals surface area contributed by atoms with Gasteiger partial charge < -0.3 is 63.6 Å². The van der Waals surface area contributed by atoms with E-state index in [0.717, 1.165) is 17.4 Å². The van der Waals surface area contributed by atoms with E-state index in [2.05, 4.69) is 15.4 Å². The zero-order valence-electron chi connectivity index (χ0n) is 39.8. The second kappa shape index (κ2) is 25.7. The molecule has 67 heavy (non-hydrogen) atoms. The van der Waals surface area contributed by atoms with Gasteiger partial charge in [0, 0.05) is 55.5 Å². The highest BCUT2D eigenvalue weighted by Gasteiger charge is 2.42. The lowest BCUT2D eigenvalue weighted by atomic mass is 10.2. The second-order valence-electron chi connectivity index (χ2n) is 16.9. The summed E-state index contributed by atoms with van der Waals surface area (Å²) >= 11 is 0. The van der Waals surface area contributed by atoms with Crippen molar-refractivity contribution in [1.82, 2.24) is 19.8 Å². The van der Waals surface area contributed by atoms with Gasteiger partial charge in [-0.1, -0.05) is 0 Å². The van der Waals surface area contributed by atoms with Gasteiger partial charge in [-0.05, 0) is 86.6 Å². The van der Waals surface area contributed by atoms with Crippen LogP contribution in [-0.2, 0) is 47.6 Å². The van der Waals surface area contributed by atoms with Crippen LogP contribution in [0.15, 0.2) is 46.2 Å². The molecule has 4 N–H and O–H groups in total. The topological polar surface area (TPSA) is 298 Å². The summed E-state index contributed by atoms with van der Waals surface area (Å²) in [5.74, 6) is -0.806. The van der Waals surface area contributed by atoms with Crippen molar-refractivity contribution in [1.29, 1.82) is 0 Å². The monoisotopic (exact) mass is 1010 g/mol. The van der Waals surface area contributed by atoms with Crippen LogP contribution < -0.4 is 29.6 Å². The van der Waals surface area contributed by atoms with Crippen LogP contribution in [0.5, 0.6) is 23.0 Å². The van der Waals surface area contributed by atoms with Crippen LogP contribution in [0, 0.1) is 0 Å². The first-order valence-electron chi connectivity index (χ1n) is 20.1. The SMILES string of the molecule is CC(C)(C)OC(=O)OC(=O)OC(C)(C)C.COc1ccc(S(=O)(=O)Cl)cc1OC.COc1ccc(S(=O)(=O)N2CCN(C(=O)OC(C)(C)C)C[C@H]2C(=O)O)cc1OC.O=C(O)[C@@H]1CNCCN1. The summed E-state index contributed by atoms with van der Waals surface area (Å²) in [4.78, 5) is 57.4. The number of nitrogens with zero attached hydrogens (tertiary/aromatic N) is 2. The molecular formula is C41H63ClN4O19S2. The molecule has 2 aliphatic heterocycles. The number of aliphatic carboxylic acids is 2. The molecule has 0 aromatic heterocycles. The molecule has 0 radical (unpaired) electrons. The molecule has 2 fully saturated rings. The number of benzene rings is 2. The third-order valence-corrected chi connectivity index (χ3v) is 11.4. The highest BCUT2D eigenvalue weighted by molar-refractivity contribution is 8.13. The fourth-order valence-corrected chi connectivity index (χ4v) is 7.61. The van der Waals surface area contributed by atoms with Crippen molar-refractivity contribution in [3.63, 3.8) is 0 Å². The molecule has 0 spiro atoms. The molecule has 2 heterocycles. The minimum absolute atomic E-state index is 0.00517. The molecule has 4 rings (SSSR count). The van der Waals surface area contributed by atoms with E-state index in [-0.39, 0.29) is 35.2 Å². The minimum Gasteiger partial charge on any atom is -0.493 e. The molecule has 0 saturated carbocycles. The number of carboxylic acids is 2. The van der Waals surface area contributed by atoms with Gasteiger partial charge in [0.25, 0.3) is 9.05 Å². The average molecular weight is 1020 g/mol. The van der Waals surface area contributed by atoms with E-state index < -0.39 is 78.3 Å². The van der Waals surface area contributed by atoms with Crippen LogP contribution in [0.4, 0.5) is 14.4 Å². The molecule has 0 bridgehead atoms. The van der Waals surface area contributed by atoms with E-state index in [4.69, 9.17) is 48.9 Å². The number of sulfonamides is 1. The molecule has 380 valence electrons. The lowest BCUT2D eigenvalue weighted by Gasteiger charge is -2.38. The third kappa shape index (κ3) is 21.4. The Labute approximate surface area is 395 Å². The van der Waals surface area contributed by atoms with Gasteiger partial charge >= 0.3 is 30.3 Å². The van der Waals surface area contributed by atoms with Gasteiger partial charge in [0.15, 0.2) is 23.0 Å². The summed E-state index contributed by atoms with van der Waals surface area (Å²) in [5, 5.41) is 23.9. The first kappa shape index (κ1) is 59.7. The average Bonchev–Trinajstić information content (AvgIpc) is 3.21. The molecule has 0 aliphatic carbocycles. The first-order chi connectivity index (χ1) is 30.7. The molecule has 2 aliphatic rings. The molecule has 1 amide bonds. The fourth-order valence-electron chi connectivity index (χ4n) is 5.27. The number of carboxylic acid groups (broad SMARTS) is 2. The fraction of sp³-hybridized carbons (Fsp3) is 0.585. The molecule has 23 nitrogen and oxygen atoms in total. The van der Waals surface area contributed by atoms with Gasteiger partial charge in [-0.15, -0.1) is 0 Å². The van der Waals surface area contributed by atoms with Gasteiger partial charge in [0.05, 0.1) is 44.8 Å². The van der Waals surface area contributed by atoms with Gasteiger partial charge in [0.2, 0.25) is 10.0 Å². The summed E-state index contributed by atoms with van der Waals surface area (Å²) in [7, 11) is 2.95. The quantitative estimate of drug-likeness (QED) is 0.116. The minimum atomic E-state index is -4.16. The Kier molecular flexibility index (Phi) is 22.9. The van der Waals surface area contributed by atoms with Crippen molar-refractivity contribution < 1.29 is 88.9 Å². The number of ether oxygens (including phenoxy) is 8. The Bertz CT molecular complexity index is 2190. The van der Waals surface area contributed by atoms with Crippen molar-refractivity contribution >= 4 is 60.1 Å². The zero-order chi connectivity index (χ0) is 51.7. The maximum absolute atomic E-state index is 13.1. The number of piperazine rings is 2. The predicted octanol–water partition coefficient (Wildman–Crippen LogP) is 4.54. The summed E-state index contributed by atoms with van der Waals surface area (Å²) in [6, 6.07) is 6.31. The van der Waals surface area contributed by atoms with E-state index in [1.54, 1.807) is 62.3 Å². The Morgan fingerprint density at radius 3 is 1.45 bits per heavy atom. The summed E-state index contributed by atoms with van der Waals surface area (Å²) < 4.78 is 88.2. The number of amides is 1. The second-order valence-corrected chi connectivity index (χ2v) is 21.4. The summed E-state index contributed by atoms with van der Waals surface area (Å²) in [6.07, 6.45) is -2.81. The van der Waals surface area contributed by atoms with Crippen molar-refractivity contribution in [3.8, 4) is 23.0 Å². The van der Waals surface area contributed by atoms with Gasteiger partial charge in [-0.2, -0.15) is 4.31 Å². The van der Waals surface area contributed by atoms with E-state index >= 15 is 0 Å². The number of methoxy groups -OCH3 is 4. The molecule has 2 atom stereocenters. The molecule has 2 saturated heterocycles. The maximum Gasteiger partial charge on any atom is 0.519 e. The number of hydrogen-bond donors (Lipinski definition) is 4. The summed E-state index contributed by atoms with van der Waals surface area (Å²) in [6.45, 7) is 16.7. The zero-order valence-corrected chi connectivity index (χ0v) is 42.2.